The minimum absolute atomic E-state index is 0.137. The molecule has 150 valence electrons. The van der Waals surface area contributed by atoms with Crippen molar-refractivity contribution in [1.82, 2.24) is 0 Å². The number of rotatable bonds is 5. The van der Waals surface area contributed by atoms with Gasteiger partial charge < -0.3 is 14.8 Å². The second kappa shape index (κ2) is 8.68. The van der Waals surface area contributed by atoms with Crippen LogP contribution in [0, 0.1) is 25.2 Å². The molecule has 0 atom stereocenters. The summed E-state index contributed by atoms with van der Waals surface area (Å²) < 4.78 is 5.73. The molecule has 0 aliphatic rings. The molecule has 0 bridgehead atoms. The lowest BCUT2D eigenvalue weighted by Gasteiger charge is -2.06. The monoisotopic (exact) mass is 420 g/mol. The van der Waals surface area contributed by atoms with E-state index in [1.165, 1.54) is 18.2 Å². The van der Waals surface area contributed by atoms with Crippen LogP contribution in [0.5, 0.6) is 0 Å². The Kier molecular flexibility index (Phi) is 6.05. The zero-order chi connectivity index (χ0) is 21.8. The number of halogens is 1. The SMILES string of the molecule is Cc1ccc(NC(=O)/C(C#N)=C\c2ccc(-c3cc(C(=O)O)ccc3C)o2)cc1Cl. The molecule has 0 spiro atoms. The van der Waals surface area contributed by atoms with Crippen LogP contribution in [0.1, 0.15) is 27.2 Å². The molecule has 0 unspecified atom stereocenters. The van der Waals surface area contributed by atoms with Crippen molar-refractivity contribution < 1.29 is 19.1 Å². The molecule has 1 amide bonds. The Morgan fingerprint density at radius 2 is 1.83 bits per heavy atom. The number of carbonyl (C=O) groups is 2. The van der Waals surface area contributed by atoms with Gasteiger partial charge in [-0.1, -0.05) is 23.7 Å². The predicted molar refractivity (Wildman–Crippen MR) is 114 cm³/mol. The van der Waals surface area contributed by atoms with Crippen LogP contribution < -0.4 is 5.32 Å². The Bertz CT molecular complexity index is 1220. The summed E-state index contributed by atoms with van der Waals surface area (Å²) in [7, 11) is 0. The number of carboxylic acid groups (broad SMARTS) is 1. The molecule has 0 aliphatic carbocycles. The standard InChI is InChI=1S/C23H17ClN2O4/c1-13-3-5-15(23(28)29)10-19(13)21-8-7-18(30-21)9-16(12-25)22(27)26-17-6-4-14(2)20(24)11-17/h3-11H,1-2H3,(H,26,27)(H,28,29)/b16-9-. The number of aryl methyl sites for hydroxylation is 2. The van der Waals surface area contributed by atoms with Gasteiger partial charge in [0, 0.05) is 22.3 Å². The number of nitrogens with one attached hydrogen (secondary N) is 1. The Labute approximate surface area is 178 Å². The summed E-state index contributed by atoms with van der Waals surface area (Å²) in [5.74, 6) is -0.911. The number of nitriles is 1. The number of nitrogens with zero attached hydrogens (tertiary/aromatic N) is 1. The summed E-state index contributed by atoms with van der Waals surface area (Å²) in [4.78, 5) is 23.7. The normalized spacial score (nSPS) is 11.1. The van der Waals surface area contributed by atoms with Crippen molar-refractivity contribution in [3.05, 3.63) is 81.6 Å². The van der Waals surface area contributed by atoms with E-state index >= 15 is 0 Å². The van der Waals surface area contributed by atoms with Crippen molar-refractivity contribution in [2.24, 2.45) is 0 Å². The van der Waals surface area contributed by atoms with E-state index in [-0.39, 0.29) is 11.1 Å². The summed E-state index contributed by atoms with van der Waals surface area (Å²) in [5.41, 5.74) is 2.78. The summed E-state index contributed by atoms with van der Waals surface area (Å²) in [6.45, 7) is 3.68. The van der Waals surface area contributed by atoms with Gasteiger partial charge in [-0.15, -0.1) is 0 Å². The number of aromatic carboxylic acids is 1. The largest absolute Gasteiger partial charge is 0.478 e. The molecule has 1 aromatic heterocycles. The van der Waals surface area contributed by atoms with Gasteiger partial charge in [-0.2, -0.15) is 5.26 Å². The molecule has 0 fully saturated rings. The fourth-order valence-electron chi connectivity index (χ4n) is 2.76. The summed E-state index contributed by atoms with van der Waals surface area (Å²) in [5, 5.41) is 21.7. The van der Waals surface area contributed by atoms with Gasteiger partial charge in [-0.05, 0) is 61.4 Å². The van der Waals surface area contributed by atoms with E-state index in [0.29, 0.717) is 27.8 Å². The van der Waals surface area contributed by atoms with E-state index in [0.717, 1.165) is 11.1 Å². The first-order chi connectivity index (χ1) is 14.3. The van der Waals surface area contributed by atoms with Crippen LogP contribution in [0.15, 0.2) is 58.5 Å². The summed E-state index contributed by atoms with van der Waals surface area (Å²) >= 11 is 6.06. The summed E-state index contributed by atoms with van der Waals surface area (Å²) in [6, 6.07) is 14.9. The lowest BCUT2D eigenvalue weighted by Crippen LogP contribution is -2.13. The Balaban J connectivity index is 1.86. The van der Waals surface area contributed by atoms with Crippen LogP contribution >= 0.6 is 11.6 Å². The average Bonchev–Trinajstić information content (AvgIpc) is 3.17. The average molecular weight is 421 g/mol. The van der Waals surface area contributed by atoms with E-state index in [4.69, 9.17) is 16.0 Å². The number of amides is 1. The summed E-state index contributed by atoms with van der Waals surface area (Å²) in [6.07, 6.45) is 1.32. The van der Waals surface area contributed by atoms with Gasteiger partial charge in [0.15, 0.2) is 0 Å². The second-order valence-corrected chi connectivity index (χ2v) is 7.03. The minimum Gasteiger partial charge on any atom is -0.478 e. The van der Waals surface area contributed by atoms with Crippen molar-refractivity contribution in [2.45, 2.75) is 13.8 Å². The molecule has 7 heteroatoms. The van der Waals surface area contributed by atoms with Crippen molar-refractivity contribution in [3.63, 3.8) is 0 Å². The topological polar surface area (TPSA) is 103 Å². The number of hydrogen-bond acceptors (Lipinski definition) is 4. The Morgan fingerprint density at radius 1 is 1.10 bits per heavy atom. The van der Waals surface area contributed by atoms with Crippen molar-refractivity contribution in [1.29, 1.82) is 5.26 Å². The molecule has 2 aromatic carbocycles. The maximum absolute atomic E-state index is 12.4. The first-order valence-electron chi connectivity index (χ1n) is 8.92. The third-order valence-electron chi connectivity index (χ3n) is 4.46. The van der Waals surface area contributed by atoms with Crippen molar-refractivity contribution in [3.8, 4) is 17.4 Å². The number of hydrogen-bond donors (Lipinski definition) is 2. The van der Waals surface area contributed by atoms with Crippen molar-refractivity contribution in [2.75, 3.05) is 5.32 Å². The van der Waals surface area contributed by atoms with Gasteiger partial charge in [0.25, 0.3) is 5.91 Å². The number of carbonyl (C=O) groups excluding carboxylic acids is 1. The van der Waals surface area contributed by atoms with Gasteiger partial charge in [-0.25, -0.2) is 4.79 Å². The molecule has 0 radical (unpaired) electrons. The molecular formula is C23H17ClN2O4. The van der Waals surface area contributed by atoms with Gasteiger partial charge in [0.05, 0.1) is 5.56 Å². The highest BCUT2D eigenvalue weighted by atomic mass is 35.5. The van der Waals surface area contributed by atoms with Crippen LogP contribution in [-0.2, 0) is 4.79 Å². The third kappa shape index (κ3) is 4.59. The quantitative estimate of drug-likeness (QED) is 0.421. The first-order valence-corrected chi connectivity index (χ1v) is 9.29. The van der Waals surface area contributed by atoms with Gasteiger partial charge >= 0.3 is 5.97 Å². The smallest absolute Gasteiger partial charge is 0.335 e. The molecule has 0 saturated heterocycles. The maximum Gasteiger partial charge on any atom is 0.335 e. The third-order valence-corrected chi connectivity index (χ3v) is 4.87. The maximum atomic E-state index is 12.4. The molecule has 0 aliphatic heterocycles. The van der Waals surface area contributed by atoms with Crippen LogP contribution in [-0.4, -0.2) is 17.0 Å². The number of benzene rings is 2. The van der Waals surface area contributed by atoms with Gasteiger partial charge in [-0.3, -0.25) is 4.79 Å². The molecule has 1 heterocycles. The Hall–Kier alpha value is -3.82. The Morgan fingerprint density at radius 3 is 2.50 bits per heavy atom. The zero-order valence-corrected chi connectivity index (χ0v) is 16.9. The fraction of sp³-hybridized carbons (Fsp3) is 0.0870. The van der Waals surface area contributed by atoms with E-state index < -0.39 is 11.9 Å². The molecule has 0 saturated carbocycles. The number of carboxylic acids is 1. The van der Waals surface area contributed by atoms with E-state index in [1.54, 1.807) is 36.4 Å². The molecule has 6 nitrogen and oxygen atoms in total. The highest BCUT2D eigenvalue weighted by Gasteiger charge is 2.14. The first kappa shape index (κ1) is 20.9. The van der Waals surface area contributed by atoms with Crippen molar-refractivity contribution >= 4 is 35.2 Å². The predicted octanol–water partition coefficient (Wildman–Crippen LogP) is 5.46. The lowest BCUT2D eigenvalue weighted by molar-refractivity contribution is -0.112. The lowest BCUT2D eigenvalue weighted by atomic mass is 10.0. The molecule has 3 aromatic rings. The number of anilines is 1. The number of furan rings is 1. The van der Waals surface area contributed by atoms with Gasteiger partial charge in [0.2, 0.25) is 0 Å². The molecule has 3 rings (SSSR count). The highest BCUT2D eigenvalue weighted by molar-refractivity contribution is 6.31. The second-order valence-electron chi connectivity index (χ2n) is 6.62. The van der Waals surface area contributed by atoms with Crippen LogP contribution in [0.25, 0.3) is 17.4 Å². The molecule has 2 N–H and O–H groups in total. The van der Waals surface area contributed by atoms with E-state index in [9.17, 15) is 20.0 Å². The fourth-order valence-corrected chi connectivity index (χ4v) is 2.94. The van der Waals surface area contributed by atoms with E-state index in [1.807, 2.05) is 19.9 Å². The van der Waals surface area contributed by atoms with Crippen LogP contribution in [0.3, 0.4) is 0 Å². The van der Waals surface area contributed by atoms with E-state index in [2.05, 4.69) is 5.32 Å². The zero-order valence-electron chi connectivity index (χ0n) is 16.2. The van der Waals surface area contributed by atoms with Gasteiger partial charge in [0.1, 0.15) is 23.2 Å². The minimum atomic E-state index is -1.04. The van der Waals surface area contributed by atoms with Crippen LogP contribution in [0.2, 0.25) is 5.02 Å². The van der Waals surface area contributed by atoms with Crippen LogP contribution in [0.4, 0.5) is 5.69 Å². The highest BCUT2D eigenvalue weighted by Crippen LogP contribution is 2.28. The molecular weight excluding hydrogens is 404 g/mol. The molecule has 30 heavy (non-hydrogen) atoms.